The van der Waals surface area contributed by atoms with Crippen LogP contribution in [0.3, 0.4) is 0 Å². The Labute approximate surface area is 220 Å². The lowest BCUT2D eigenvalue weighted by Gasteiger charge is -2.41. The summed E-state index contributed by atoms with van der Waals surface area (Å²) >= 11 is 1.95. The van der Waals surface area contributed by atoms with E-state index in [0.717, 1.165) is 5.56 Å². The second-order valence-corrected chi connectivity index (χ2v) is 9.82. The average molecular weight is 642 g/mol. The Kier molecular flexibility index (Phi) is 7.90. The molecule has 14 heteroatoms. The molecule has 200 valence electrons. The number of aromatic nitrogens is 3. The molecule has 2 aromatic carbocycles. The third kappa shape index (κ3) is 6.65. The number of nitrogens with zero attached hydrogens (tertiary/aromatic N) is 2. The molecule has 0 radical (unpaired) electrons. The highest BCUT2D eigenvalue weighted by molar-refractivity contribution is 14.1. The summed E-state index contributed by atoms with van der Waals surface area (Å²) in [5, 5.41) is 16.2. The second kappa shape index (κ2) is 10.6. The van der Waals surface area contributed by atoms with E-state index in [1.54, 1.807) is 12.1 Å². The van der Waals surface area contributed by atoms with Crippen molar-refractivity contribution in [2.45, 2.75) is 50.5 Å². The Bertz CT molecular complexity index is 1270. The van der Waals surface area contributed by atoms with Crippen LogP contribution in [0.15, 0.2) is 41.2 Å². The molecule has 1 aliphatic heterocycles. The summed E-state index contributed by atoms with van der Waals surface area (Å²) in [5.74, 6) is 0.418. The SMILES string of the molecule is O=c1[nH]nc(CN2CCC[C@H](OCc3cc(C(F)(F)F)cc(C(F)(F)F)c3)[C@@H]2c2ccc(O)c(I)c2)[nH]1. The van der Waals surface area contributed by atoms with E-state index in [1.807, 2.05) is 27.5 Å². The Morgan fingerprint density at radius 3 is 2.32 bits per heavy atom. The fraction of sp³-hybridized carbons (Fsp3) is 0.391. The summed E-state index contributed by atoms with van der Waals surface area (Å²) in [6, 6.07) is 5.82. The van der Waals surface area contributed by atoms with Crippen molar-refractivity contribution in [1.29, 1.82) is 0 Å². The molecule has 7 nitrogen and oxygen atoms in total. The van der Waals surface area contributed by atoms with E-state index in [0.29, 0.717) is 40.9 Å². The number of benzene rings is 2. The van der Waals surface area contributed by atoms with Gasteiger partial charge in [0, 0.05) is 0 Å². The van der Waals surface area contributed by atoms with Gasteiger partial charge in [0.15, 0.2) is 0 Å². The van der Waals surface area contributed by atoms with Gasteiger partial charge in [0.2, 0.25) is 0 Å². The van der Waals surface area contributed by atoms with Crippen molar-refractivity contribution >= 4 is 22.6 Å². The minimum atomic E-state index is -4.95. The first kappa shape index (κ1) is 27.4. The van der Waals surface area contributed by atoms with Crippen molar-refractivity contribution in [1.82, 2.24) is 20.1 Å². The maximum Gasteiger partial charge on any atom is 0.416 e. The van der Waals surface area contributed by atoms with Crippen molar-refractivity contribution in [3.63, 3.8) is 0 Å². The molecule has 3 aromatic rings. The van der Waals surface area contributed by atoms with Gasteiger partial charge in [0.05, 0.1) is 40.0 Å². The topological polar surface area (TPSA) is 94.2 Å². The predicted octanol–water partition coefficient (Wildman–Crippen LogP) is 5.37. The molecule has 2 heterocycles. The van der Waals surface area contributed by atoms with E-state index in [-0.39, 0.29) is 23.9 Å². The van der Waals surface area contributed by atoms with Gasteiger partial charge >= 0.3 is 18.0 Å². The lowest BCUT2D eigenvalue weighted by atomic mass is 9.92. The van der Waals surface area contributed by atoms with E-state index >= 15 is 0 Å². The lowest BCUT2D eigenvalue weighted by Crippen LogP contribution is -2.42. The van der Waals surface area contributed by atoms with Crippen LogP contribution < -0.4 is 5.69 Å². The van der Waals surface area contributed by atoms with Crippen LogP contribution in [0.1, 0.15) is 47.0 Å². The first-order valence-corrected chi connectivity index (χ1v) is 12.1. The summed E-state index contributed by atoms with van der Waals surface area (Å²) in [7, 11) is 0. The third-order valence-electron chi connectivity index (χ3n) is 6.01. The van der Waals surface area contributed by atoms with Crippen LogP contribution in [0.2, 0.25) is 0 Å². The Balaban J connectivity index is 1.64. The van der Waals surface area contributed by atoms with Crippen LogP contribution in [-0.4, -0.2) is 37.8 Å². The molecule has 1 saturated heterocycles. The number of alkyl halides is 6. The van der Waals surface area contributed by atoms with Crippen molar-refractivity contribution in [2.24, 2.45) is 0 Å². The molecule has 37 heavy (non-hydrogen) atoms. The van der Waals surface area contributed by atoms with E-state index in [1.165, 1.54) is 6.07 Å². The normalized spacial score (nSPS) is 19.3. The number of rotatable bonds is 6. The Morgan fingerprint density at radius 1 is 1.08 bits per heavy atom. The fourth-order valence-corrected chi connectivity index (χ4v) is 4.93. The largest absolute Gasteiger partial charge is 0.507 e. The minimum Gasteiger partial charge on any atom is -0.507 e. The number of piperidine rings is 1. The van der Waals surface area contributed by atoms with Gasteiger partial charge in [0.1, 0.15) is 11.6 Å². The quantitative estimate of drug-likeness (QED) is 0.249. The highest BCUT2D eigenvalue weighted by Crippen LogP contribution is 2.39. The number of aromatic hydroxyl groups is 1. The molecule has 1 fully saturated rings. The van der Waals surface area contributed by atoms with Crippen LogP contribution in [0, 0.1) is 3.57 Å². The number of phenols is 1. The van der Waals surface area contributed by atoms with Crippen LogP contribution >= 0.6 is 22.6 Å². The number of nitrogens with one attached hydrogen (secondary N) is 2. The van der Waals surface area contributed by atoms with Crippen LogP contribution in [0.5, 0.6) is 5.75 Å². The molecule has 0 amide bonds. The molecular weight excluding hydrogens is 621 g/mol. The van der Waals surface area contributed by atoms with Crippen molar-refractivity contribution in [2.75, 3.05) is 6.54 Å². The molecule has 4 rings (SSSR count). The van der Waals surface area contributed by atoms with Gasteiger partial charge < -0.3 is 9.84 Å². The molecule has 0 unspecified atom stereocenters. The number of hydrogen-bond donors (Lipinski definition) is 3. The van der Waals surface area contributed by atoms with E-state index < -0.39 is 47.9 Å². The lowest BCUT2D eigenvalue weighted by molar-refractivity contribution is -0.143. The first-order valence-electron chi connectivity index (χ1n) is 11.1. The number of hydrogen-bond acceptors (Lipinski definition) is 5. The highest BCUT2D eigenvalue weighted by atomic mass is 127. The smallest absolute Gasteiger partial charge is 0.416 e. The van der Waals surface area contributed by atoms with E-state index in [2.05, 4.69) is 15.2 Å². The molecule has 0 spiro atoms. The maximum atomic E-state index is 13.3. The van der Waals surface area contributed by atoms with Crippen molar-refractivity contribution in [3.8, 4) is 5.75 Å². The molecule has 1 aromatic heterocycles. The van der Waals surface area contributed by atoms with Gasteiger partial charge in [-0.05, 0) is 83.4 Å². The Hall–Kier alpha value is -2.59. The molecule has 0 bridgehead atoms. The average Bonchev–Trinajstić information content (AvgIpc) is 3.23. The predicted molar refractivity (Wildman–Crippen MR) is 127 cm³/mol. The number of H-pyrrole nitrogens is 2. The number of ether oxygens (including phenoxy) is 1. The summed E-state index contributed by atoms with van der Waals surface area (Å²) in [6.45, 7) is 0.303. The standard InChI is InChI=1S/C23H21F6IN4O3/c24-22(25,26)14-6-12(7-15(9-14)23(27,28)29)11-37-18-2-1-5-34(10-19-31-21(36)33-32-19)20(18)13-3-4-17(35)16(30)8-13/h3-4,6-9,18,20,35H,1-2,5,10-11H2,(H2,31,32,33,36)/t18-,20-/m0/s1. The van der Waals surface area contributed by atoms with Gasteiger partial charge in [-0.25, -0.2) is 9.89 Å². The van der Waals surface area contributed by atoms with Crippen molar-refractivity contribution < 1.29 is 36.2 Å². The van der Waals surface area contributed by atoms with Gasteiger partial charge in [-0.1, -0.05) is 6.07 Å². The summed E-state index contributed by atoms with van der Waals surface area (Å²) < 4.78 is 86.2. The van der Waals surface area contributed by atoms with Gasteiger partial charge in [-0.3, -0.25) is 9.88 Å². The van der Waals surface area contributed by atoms with Crippen molar-refractivity contribution in [3.05, 3.63) is 78.5 Å². The highest BCUT2D eigenvalue weighted by Gasteiger charge is 2.38. The number of likely N-dealkylation sites (tertiary alicyclic amines) is 1. The molecular formula is C23H21F6IN4O3. The van der Waals surface area contributed by atoms with Crippen LogP contribution in [0.4, 0.5) is 26.3 Å². The zero-order chi connectivity index (χ0) is 27.0. The first-order chi connectivity index (χ1) is 17.3. The number of halogens is 7. The summed E-state index contributed by atoms with van der Waals surface area (Å²) in [5.41, 5.74) is -2.82. The van der Waals surface area contributed by atoms with Gasteiger partial charge in [-0.15, -0.1) is 0 Å². The molecule has 0 saturated carbocycles. The molecule has 0 aliphatic carbocycles. The maximum absolute atomic E-state index is 13.3. The summed E-state index contributed by atoms with van der Waals surface area (Å²) in [4.78, 5) is 16.0. The van der Waals surface area contributed by atoms with Crippen LogP contribution in [-0.2, 0) is 30.2 Å². The third-order valence-corrected chi connectivity index (χ3v) is 6.87. The second-order valence-electron chi connectivity index (χ2n) is 8.66. The fourth-order valence-electron chi connectivity index (χ4n) is 4.39. The molecule has 1 aliphatic rings. The molecule has 2 atom stereocenters. The Morgan fingerprint density at radius 2 is 1.76 bits per heavy atom. The number of aromatic amines is 2. The number of phenolic OH excluding ortho intramolecular Hbond substituents is 1. The zero-order valence-electron chi connectivity index (χ0n) is 19.0. The van der Waals surface area contributed by atoms with Gasteiger partial charge in [-0.2, -0.15) is 31.4 Å². The molecule has 3 N–H and O–H groups in total. The summed E-state index contributed by atoms with van der Waals surface area (Å²) in [6.07, 6.45) is -9.40. The monoisotopic (exact) mass is 642 g/mol. The minimum absolute atomic E-state index is 0.0597. The van der Waals surface area contributed by atoms with E-state index in [4.69, 9.17) is 4.74 Å². The van der Waals surface area contributed by atoms with Crippen LogP contribution in [0.25, 0.3) is 0 Å². The zero-order valence-corrected chi connectivity index (χ0v) is 21.1. The van der Waals surface area contributed by atoms with E-state index in [9.17, 15) is 36.2 Å². The van der Waals surface area contributed by atoms with Gasteiger partial charge in [0.25, 0.3) is 0 Å².